The maximum absolute atomic E-state index is 12.5. The Bertz CT molecular complexity index is 374. The monoisotopic (exact) mass is 247 g/mol. The first-order chi connectivity index (χ1) is 7.87. The molecule has 2 N–H and O–H groups in total. The largest absolute Gasteiger partial charge is 0.465 e. The van der Waals surface area contributed by atoms with E-state index in [1.54, 1.807) is 0 Å². The van der Waals surface area contributed by atoms with Crippen LogP contribution < -0.4 is 5.32 Å². The molecular formula is C10H15F2N3O2. The van der Waals surface area contributed by atoms with Gasteiger partial charge in [0.05, 0.1) is 11.9 Å². The number of nitrogens with one attached hydrogen (secondary N) is 1. The molecule has 0 unspecified atom stereocenters. The summed E-state index contributed by atoms with van der Waals surface area (Å²) in [5.41, 5.74) is 0.373. The SMILES string of the molecule is CC(F)(F)CCCCn1cc(NC(=O)O)cn1. The van der Waals surface area contributed by atoms with Crippen LogP contribution in [0.15, 0.2) is 12.4 Å². The molecule has 96 valence electrons. The molecule has 1 aromatic heterocycles. The molecule has 5 nitrogen and oxygen atoms in total. The van der Waals surface area contributed by atoms with Gasteiger partial charge in [-0.3, -0.25) is 10.00 Å². The number of anilines is 1. The number of alkyl halides is 2. The van der Waals surface area contributed by atoms with Gasteiger partial charge in [-0.25, -0.2) is 13.6 Å². The van der Waals surface area contributed by atoms with E-state index in [1.807, 2.05) is 0 Å². The van der Waals surface area contributed by atoms with E-state index >= 15 is 0 Å². The Balaban J connectivity index is 2.28. The van der Waals surface area contributed by atoms with E-state index in [1.165, 1.54) is 17.1 Å². The summed E-state index contributed by atoms with van der Waals surface area (Å²) in [4.78, 5) is 10.3. The van der Waals surface area contributed by atoms with Gasteiger partial charge in [-0.2, -0.15) is 5.10 Å². The molecule has 17 heavy (non-hydrogen) atoms. The number of aromatic nitrogens is 2. The lowest BCUT2D eigenvalue weighted by Gasteiger charge is -2.09. The molecule has 1 rings (SSSR count). The second kappa shape index (κ2) is 5.60. The smallest absolute Gasteiger partial charge is 0.409 e. The van der Waals surface area contributed by atoms with Crippen LogP contribution in [0.25, 0.3) is 0 Å². The first kappa shape index (κ1) is 13.4. The Morgan fingerprint density at radius 2 is 2.29 bits per heavy atom. The molecule has 0 atom stereocenters. The van der Waals surface area contributed by atoms with Gasteiger partial charge in [-0.05, 0) is 19.8 Å². The molecule has 0 aliphatic heterocycles. The van der Waals surface area contributed by atoms with E-state index in [0.29, 0.717) is 25.1 Å². The van der Waals surface area contributed by atoms with Crippen molar-refractivity contribution in [2.45, 2.75) is 38.7 Å². The summed E-state index contributed by atoms with van der Waals surface area (Å²) >= 11 is 0. The molecule has 0 bridgehead atoms. The number of amides is 1. The van der Waals surface area contributed by atoms with Crippen molar-refractivity contribution in [2.75, 3.05) is 5.32 Å². The van der Waals surface area contributed by atoms with Crippen LogP contribution in [0.1, 0.15) is 26.2 Å². The molecule has 0 saturated heterocycles. The zero-order valence-corrected chi connectivity index (χ0v) is 9.49. The molecule has 1 amide bonds. The minimum Gasteiger partial charge on any atom is -0.465 e. The molecular weight excluding hydrogens is 232 g/mol. The lowest BCUT2D eigenvalue weighted by molar-refractivity contribution is 0.0102. The van der Waals surface area contributed by atoms with E-state index in [0.717, 1.165) is 6.92 Å². The van der Waals surface area contributed by atoms with Crippen LogP contribution in [0.2, 0.25) is 0 Å². The van der Waals surface area contributed by atoms with E-state index in [-0.39, 0.29) is 6.42 Å². The van der Waals surface area contributed by atoms with Gasteiger partial charge < -0.3 is 5.11 Å². The number of unbranched alkanes of at least 4 members (excludes halogenated alkanes) is 1. The summed E-state index contributed by atoms with van der Waals surface area (Å²) in [6, 6.07) is 0. The number of carbonyl (C=O) groups is 1. The topological polar surface area (TPSA) is 67.2 Å². The summed E-state index contributed by atoms with van der Waals surface area (Å²) in [6.45, 7) is 1.40. The average molecular weight is 247 g/mol. The maximum atomic E-state index is 12.5. The summed E-state index contributed by atoms with van der Waals surface area (Å²) in [5, 5.41) is 14.5. The second-order valence-corrected chi connectivity index (χ2v) is 3.95. The Labute approximate surface area is 97.4 Å². The van der Waals surface area contributed by atoms with Crippen molar-refractivity contribution in [1.29, 1.82) is 0 Å². The Morgan fingerprint density at radius 1 is 1.59 bits per heavy atom. The molecule has 1 aromatic rings. The lowest BCUT2D eigenvalue weighted by atomic mass is 10.1. The third-order valence-corrected chi connectivity index (χ3v) is 2.14. The van der Waals surface area contributed by atoms with Crippen LogP contribution in [0, 0.1) is 0 Å². The lowest BCUT2D eigenvalue weighted by Crippen LogP contribution is -2.09. The average Bonchev–Trinajstić information content (AvgIpc) is 2.58. The molecule has 0 spiro atoms. The van der Waals surface area contributed by atoms with Gasteiger partial charge >= 0.3 is 6.09 Å². The molecule has 0 aliphatic rings. The highest BCUT2D eigenvalue weighted by atomic mass is 19.3. The Morgan fingerprint density at radius 3 is 2.88 bits per heavy atom. The number of carboxylic acid groups (broad SMARTS) is 1. The maximum Gasteiger partial charge on any atom is 0.409 e. The standard InChI is InChI=1S/C10H15F2N3O2/c1-10(11,12)4-2-3-5-15-7-8(6-13-15)14-9(16)17/h6-7,14H,2-5H2,1H3,(H,16,17). The van der Waals surface area contributed by atoms with E-state index in [9.17, 15) is 13.6 Å². The predicted molar refractivity (Wildman–Crippen MR) is 58.3 cm³/mol. The fourth-order valence-electron chi connectivity index (χ4n) is 1.38. The molecule has 0 aromatic carbocycles. The first-order valence-corrected chi connectivity index (χ1v) is 5.27. The number of rotatable bonds is 6. The van der Waals surface area contributed by atoms with Gasteiger partial charge in [0.2, 0.25) is 5.92 Å². The Hall–Kier alpha value is -1.66. The zero-order valence-electron chi connectivity index (χ0n) is 9.49. The fraction of sp³-hybridized carbons (Fsp3) is 0.600. The molecule has 0 fully saturated rings. The normalized spacial score (nSPS) is 11.5. The van der Waals surface area contributed by atoms with Crippen molar-refractivity contribution in [3.05, 3.63) is 12.4 Å². The van der Waals surface area contributed by atoms with Gasteiger partial charge in [0.25, 0.3) is 0 Å². The van der Waals surface area contributed by atoms with Crippen molar-refractivity contribution in [3.8, 4) is 0 Å². The number of nitrogens with zero attached hydrogens (tertiary/aromatic N) is 2. The van der Waals surface area contributed by atoms with Crippen LogP contribution in [0.4, 0.5) is 19.3 Å². The number of hydrogen-bond acceptors (Lipinski definition) is 2. The van der Waals surface area contributed by atoms with Gasteiger partial charge in [0.1, 0.15) is 0 Å². The third-order valence-electron chi connectivity index (χ3n) is 2.14. The second-order valence-electron chi connectivity index (χ2n) is 3.95. The predicted octanol–water partition coefficient (Wildman–Crippen LogP) is 2.80. The van der Waals surface area contributed by atoms with Gasteiger partial charge in [-0.15, -0.1) is 0 Å². The molecule has 7 heteroatoms. The first-order valence-electron chi connectivity index (χ1n) is 5.27. The quantitative estimate of drug-likeness (QED) is 0.759. The van der Waals surface area contributed by atoms with Crippen molar-refractivity contribution >= 4 is 11.8 Å². The third kappa shape index (κ3) is 5.84. The van der Waals surface area contributed by atoms with Crippen LogP contribution in [0.3, 0.4) is 0 Å². The van der Waals surface area contributed by atoms with E-state index < -0.39 is 12.0 Å². The number of hydrogen-bond donors (Lipinski definition) is 2. The number of aryl methyl sites for hydroxylation is 1. The van der Waals surface area contributed by atoms with Crippen LogP contribution in [-0.4, -0.2) is 26.9 Å². The highest BCUT2D eigenvalue weighted by molar-refractivity contribution is 5.82. The van der Waals surface area contributed by atoms with Crippen LogP contribution in [0.5, 0.6) is 0 Å². The summed E-state index contributed by atoms with van der Waals surface area (Å²) in [7, 11) is 0. The molecule has 0 radical (unpaired) electrons. The summed E-state index contributed by atoms with van der Waals surface area (Å²) in [5.74, 6) is -2.62. The molecule has 1 heterocycles. The fourth-order valence-corrected chi connectivity index (χ4v) is 1.38. The zero-order chi connectivity index (χ0) is 12.9. The van der Waals surface area contributed by atoms with Crippen molar-refractivity contribution in [3.63, 3.8) is 0 Å². The summed E-state index contributed by atoms with van der Waals surface area (Å²) in [6.07, 6.45) is 2.59. The van der Waals surface area contributed by atoms with Crippen molar-refractivity contribution in [2.24, 2.45) is 0 Å². The minimum atomic E-state index is -2.62. The van der Waals surface area contributed by atoms with Crippen LogP contribution in [-0.2, 0) is 6.54 Å². The number of halogens is 2. The molecule has 0 aliphatic carbocycles. The van der Waals surface area contributed by atoms with Crippen molar-refractivity contribution < 1.29 is 18.7 Å². The van der Waals surface area contributed by atoms with E-state index in [2.05, 4.69) is 10.4 Å². The highest BCUT2D eigenvalue weighted by Gasteiger charge is 2.19. The van der Waals surface area contributed by atoms with Gasteiger partial charge in [0, 0.05) is 19.2 Å². The van der Waals surface area contributed by atoms with E-state index in [4.69, 9.17) is 5.11 Å². The Kier molecular flexibility index (Phi) is 4.42. The summed E-state index contributed by atoms with van der Waals surface area (Å²) < 4.78 is 26.5. The van der Waals surface area contributed by atoms with Crippen LogP contribution >= 0.6 is 0 Å². The highest BCUT2D eigenvalue weighted by Crippen LogP contribution is 2.19. The minimum absolute atomic E-state index is 0.144. The van der Waals surface area contributed by atoms with Gasteiger partial charge in [-0.1, -0.05) is 0 Å². The molecule has 0 saturated carbocycles. The van der Waals surface area contributed by atoms with Gasteiger partial charge in [0.15, 0.2) is 0 Å². The van der Waals surface area contributed by atoms with Crippen molar-refractivity contribution in [1.82, 2.24) is 9.78 Å².